The van der Waals surface area contributed by atoms with Crippen LogP contribution in [0.1, 0.15) is 18.1 Å². The Morgan fingerprint density at radius 2 is 2.08 bits per heavy atom. The van der Waals surface area contributed by atoms with Gasteiger partial charge in [-0.25, -0.2) is 4.98 Å². The number of nitrogens with zero attached hydrogens (tertiary/aromatic N) is 3. The number of fused-ring (bicyclic) bond motifs is 1. The lowest BCUT2D eigenvalue weighted by molar-refractivity contribution is 0.570. The van der Waals surface area contributed by atoms with Crippen LogP contribution >= 0.6 is 0 Å². The predicted octanol–water partition coefficient (Wildman–Crippen LogP) is 3.70. The van der Waals surface area contributed by atoms with Gasteiger partial charge in [0.15, 0.2) is 12.2 Å². The SMILES string of the molecule is CCNCc1cncc(-c2ccc3[nH]nc(-c4cnco4)c3c2)c1C. The molecule has 0 unspecified atom stereocenters. The van der Waals surface area contributed by atoms with Crippen molar-refractivity contribution in [3.63, 3.8) is 0 Å². The smallest absolute Gasteiger partial charge is 0.181 e. The van der Waals surface area contributed by atoms with Crippen LogP contribution in [-0.4, -0.2) is 26.7 Å². The maximum absolute atomic E-state index is 5.40. The normalized spacial score (nSPS) is 11.3. The van der Waals surface area contributed by atoms with E-state index in [2.05, 4.69) is 51.5 Å². The molecule has 25 heavy (non-hydrogen) atoms. The van der Waals surface area contributed by atoms with Gasteiger partial charge in [0.1, 0.15) is 5.69 Å². The Balaban J connectivity index is 1.81. The molecule has 2 N–H and O–H groups in total. The molecule has 0 aliphatic heterocycles. The van der Waals surface area contributed by atoms with Gasteiger partial charge in [0, 0.05) is 29.9 Å². The molecule has 3 aromatic heterocycles. The van der Waals surface area contributed by atoms with Crippen molar-refractivity contribution >= 4 is 10.9 Å². The van der Waals surface area contributed by atoms with E-state index in [9.17, 15) is 0 Å². The third-order valence-electron chi connectivity index (χ3n) is 4.42. The molecule has 0 aliphatic carbocycles. The molecule has 6 heteroatoms. The lowest BCUT2D eigenvalue weighted by Gasteiger charge is -2.11. The van der Waals surface area contributed by atoms with Gasteiger partial charge in [-0.1, -0.05) is 13.0 Å². The second-order valence-corrected chi connectivity index (χ2v) is 5.95. The van der Waals surface area contributed by atoms with Crippen molar-refractivity contribution in [2.45, 2.75) is 20.4 Å². The van der Waals surface area contributed by atoms with E-state index in [1.165, 1.54) is 17.5 Å². The second kappa shape index (κ2) is 6.49. The Bertz CT molecular complexity index is 1000. The zero-order chi connectivity index (χ0) is 17.2. The van der Waals surface area contributed by atoms with Gasteiger partial charge >= 0.3 is 0 Å². The number of hydrogen-bond acceptors (Lipinski definition) is 5. The van der Waals surface area contributed by atoms with Crippen molar-refractivity contribution in [2.75, 3.05) is 6.54 Å². The molecule has 0 amide bonds. The monoisotopic (exact) mass is 333 g/mol. The molecule has 4 rings (SSSR count). The average Bonchev–Trinajstić information content (AvgIpc) is 3.29. The van der Waals surface area contributed by atoms with Crippen molar-refractivity contribution in [3.8, 4) is 22.6 Å². The van der Waals surface area contributed by atoms with E-state index in [-0.39, 0.29) is 0 Å². The number of aromatic nitrogens is 4. The van der Waals surface area contributed by atoms with E-state index in [0.29, 0.717) is 5.76 Å². The van der Waals surface area contributed by atoms with Crippen molar-refractivity contribution in [1.29, 1.82) is 0 Å². The lowest BCUT2D eigenvalue weighted by Crippen LogP contribution is -2.13. The van der Waals surface area contributed by atoms with Gasteiger partial charge in [0.25, 0.3) is 0 Å². The number of rotatable bonds is 5. The highest BCUT2D eigenvalue weighted by molar-refractivity contribution is 5.94. The highest BCUT2D eigenvalue weighted by atomic mass is 16.3. The Labute approximate surface area is 145 Å². The van der Waals surface area contributed by atoms with Crippen LogP contribution in [-0.2, 0) is 6.54 Å². The molecule has 0 saturated carbocycles. The van der Waals surface area contributed by atoms with Gasteiger partial charge in [-0.05, 0) is 42.3 Å². The molecular formula is C19H19N5O. The number of hydrogen-bond donors (Lipinski definition) is 2. The fourth-order valence-electron chi connectivity index (χ4n) is 3.00. The van der Waals surface area contributed by atoms with E-state index in [1.807, 2.05) is 18.5 Å². The van der Waals surface area contributed by atoms with Crippen molar-refractivity contribution < 1.29 is 4.42 Å². The summed E-state index contributed by atoms with van der Waals surface area (Å²) in [5.41, 5.74) is 6.41. The summed E-state index contributed by atoms with van der Waals surface area (Å²) < 4.78 is 5.40. The van der Waals surface area contributed by atoms with Gasteiger partial charge < -0.3 is 9.73 Å². The van der Waals surface area contributed by atoms with Gasteiger partial charge in [-0.15, -0.1) is 0 Å². The molecule has 0 aliphatic rings. The predicted molar refractivity (Wildman–Crippen MR) is 96.9 cm³/mol. The summed E-state index contributed by atoms with van der Waals surface area (Å²) in [6.07, 6.45) is 6.93. The molecule has 0 atom stereocenters. The first kappa shape index (κ1) is 15.5. The van der Waals surface area contributed by atoms with Crippen LogP contribution in [0, 0.1) is 6.92 Å². The van der Waals surface area contributed by atoms with E-state index >= 15 is 0 Å². The fraction of sp³-hybridized carbons (Fsp3) is 0.211. The summed E-state index contributed by atoms with van der Waals surface area (Å²) in [5, 5.41) is 11.8. The number of benzene rings is 1. The largest absolute Gasteiger partial charge is 0.442 e. The van der Waals surface area contributed by atoms with E-state index in [0.717, 1.165) is 40.8 Å². The molecule has 6 nitrogen and oxygen atoms in total. The van der Waals surface area contributed by atoms with E-state index < -0.39 is 0 Å². The van der Waals surface area contributed by atoms with Crippen LogP contribution in [0.25, 0.3) is 33.5 Å². The van der Waals surface area contributed by atoms with Crippen LogP contribution in [0.5, 0.6) is 0 Å². The first-order valence-corrected chi connectivity index (χ1v) is 8.29. The van der Waals surface area contributed by atoms with Crippen molar-refractivity contribution in [2.24, 2.45) is 0 Å². The van der Waals surface area contributed by atoms with Crippen LogP contribution in [0.3, 0.4) is 0 Å². The first-order valence-electron chi connectivity index (χ1n) is 8.29. The van der Waals surface area contributed by atoms with Gasteiger partial charge in [-0.2, -0.15) is 5.10 Å². The lowest BCUT2D eigenvalue weighted by atomic mass is 9.97. The number of H-pyrrole nitrogens is 1. The van der Waals surface area contributed by atoms with Crippen LogP contribution in [0.4, 0.5) is 0 Å². The number of nitrogens with one attached hydrogen (secondary N) is 2. The highest BCUT2D eigenvalue weighted by Crippen LogP contribution is 2.31. The summed E-state index contributed by atoms with van der Waals surface area (Å²) in [4.78, 5) is 8.41. The minimum absolute atomic E-state index is 0.652. The molecule has 0 fully saturated rings. The third-order valence-corrected chi connectivity index (χ3v) is 4.42. The first-order chi connectivity index (χ1) is 12.3. The Kier molecular flexibility index (Phi) is 4.03. The minimum atomic E-state index is 0.652. The maximum atomic E-state index is 5.40. The number of aromatic amines is 1. The molecule has 126 valence electrons. The van der Waals surface area contributed by atoms with Crippen LogP contribution in [0.2, 0.25) is 0 Å². The quantitative estimate of drug-likeness (QED) is 0.582. The molecule has 4 aromatic rings. The minimum Gasteiger partial charge on any atom is -0.442 e. The number of pyridine rings is 1. The van der Waals surface area contributed by atoms with Gasteiger partial charge in [0.2, 0.25) is 0 Å². The molecule has 0 saturated heterocycles. The second-order valence-electron chi connectivity index (χ2n) is 5.95. The topological polar surface area (TPSA) is 79.6 Å². The average molecular weight is 333 g/mol. The summed E-state index contributed by atoms with van der Waals surface area (Å²) in [6, 6.07) is 6.25. The Morgan fingerprint density at radius 3 is 2.88 bits per heavy atom. The van der Waals surface area contributed by atoms with Crippen LogP contribution < -0.4 is 5.32 Å². The molecule has 1 aromatic carbocycles. The summed E-state index contributed by atoms with van der Waals surface area (Å²) in [7, 11) is 0. The molecule has 0 radical (unpaired) electrons. The summed E-state index contributed by atoms with van der Waals surface area (Å²) in [6.45, 7) is 6.00. The van der Waals surface area contributed by atoms with E-state index in [1.54, 1.807) is 6.20 Å². The van der Waals surface area contributed by atoms with Crippen molar-refractivity contribution in [1.82, 2.24) is 25.5 Å². The zero-order valence-electron chi connectivity index (χ0n) is 14.2. The molecule has 3 heterocycles. The third kappa shape index (κ3) is 2.81. The zero-order valence-corrected chi connectivity index (χ0v) is 14.2. The standard InChI is InChI=1S/C19H19N5O/c1-3-20-7-14-8-21-9-16(12(14)2)13-4-5-17-15(6-13)19(24-23-17)18-10-22-11-25-18/h4-6,8-11,20H,3,7H2,1-2H3,(H,23,24). The molecule has 0 bridgehead atoms. The Hall–Kier alpha value is -2.99. The highest BCUT2D eigenvalue weighted by Gasteiger charge is 2.13. The summed E-state index contributed by atoms with van der Waals surface area (Å²) in [5.74, 6) is 0.652. The van der Waals surface area contributed by atoms with Crippen molar-refractivity contribution in [3.05, 3.63) is 54.3 Å². The fourth-order valence-corrected chi connectivity index (χ4v) is 3.00. The summed E-state index contributed by atoms with van der Waals surface area (Å²) >= 11 is 0. The number of oxazole rings is 1. The maximum Gasteiger partial charge on any atom is 0.181 e. The molecular weight excluding hydrogens is 314 g/mol. The Morgan fingerprint density at radius 1 is 1.16 bits per heavy atom. The van der Waals surface area contributed by atoms with Crippen LogP contribution in [0.15, 0.2) is 47.6 Å². The van der Waals surface area contributed by atoms with E-state index in [4.69, 9.17) is 4.42 Å². The molecule has 0 spiro atoms. The van der Waals surface area contributed by atoms with Gasteiger partial charge in [0.05, 0.1) is 11.7 Å². The van der Waals surface area contributed by atoms with Gasteiger partial charge in [-0.3, -0.25) is 10.1 Å².